The van der Waals surface area contributed by atoms with Gasteiger partial charge in [0.2, 0.25) is 0 Å². The van der Waals surface area contributed by atoms with Gasteiger partial charge >= 0.3 is 0 Å². The van der Waals surface area contributed by atoms with Gasteiger partial charge in [-0.3, -0.25) is 4.90 Å². The highest BCUT2D eigenvalue weighted by Gasteiger charge is 2.18. The summed E-state index contributed by atoms with van der Waals surface area (Å²) in [6.07, 6.45) is 3.57. The number of benzene rings is 1. The van der Waals surface area contributed by atoms with Crippen LogP contribution in [0.5, 0.6) is 0 Å². The SMILES string of the molecule is CCOCCn1c(CN2CCCN(CCCCN)CC2)nc2ccccc21. The van der Waals surface area contributed by atoms with Crippen molar-refractivity contribution in [1.29, 1.82) is 0 Å². The van der Waals surface area contributed by atoms with Crippen molar-refractivity contribution in [2.24, 2.45) is 5.73 Å². The maximum atomic E-state index is 5.63. The number of rotatable bonds is 10. The van der Waals surface area contributed by atoms with E-state index in [4.69, 9.17) is 15.5 Å². The van der Waals surface area contributed by atoms with Crippen LogP contribution in [0.3, 0.4) is 0 Å². The molecule has 3 rings (SSSR count). The van der Waals surface area contributed by atoms with Gasteiger partial charge in [0.15, 0.2) is 0 Å². The van der Waals surface area contributed by atoms with Gasteiger partial charge < -0.3 is 19.9 Å². The van der Waals surface area contributed by atoms with Crippen LogP contribution >= 0.6 is 0 Å². The van der Waals surface area contributed by atoms with Crippen LogP contribution in [0.4, 0.5) is 0 Å². The van der Waals surface area contributed by atoms with Crippen molar-refractivity contribution in [2.75, 3.05) is 52.5 Å². The van der Waals surface area contributed by atoms with Crippen LogP contribution in [0, 0.1) is 0 Å². The standard InChI is InChI=1S/C21H35N5O/c1-2-27-17-16-26-20-9-4-3-8-19(20)23-21(26)18-25-13-7-12-24(14-15-25)11-6-5-10-22/h3-4,8-9H,2,5-7,10-18,22H2,1H3. The van der Waals surface area contributed by atoms with Crippen molar-refractivity contribution in [3.05, 3.63) is 30.1 Å². The summed E-state index contributed by atoms with van der Waals surface area (Å²) in [4.78, 5) is 10.1. The minimum absolute atomic E-state index is 0.735. The molecule has 1 fully saturated rings. The second kappa shape index (κ2) is 10.8. The number of imidazole rings is 1. The molecular formula is C21H35N5O. The van der Waals surface area contributed by atoms with Crippen molar-refractivity contribution >= 4 is 11.0 Å². The molecule has 0 atom stereocenters. The van der Waals surface area contributed by atoms with Crippen molar-refractivity contribution in [2.45, 2.75) is 39.3 Å². The number of aromatic nitrogens is 2. The monoisotopic (exact) mass is 373 g/mol. The lowest BCUT2D eigenvalue weighted by molar-refractivity contribution is 0.138. The van der Waals surface area contributed by atoms with E-state index in [1.807, 2.05) is 6.92 Å². The Morgan fingerprint density at radius 1 is 1.04 bits per heavy atom. The topological polar surface area (TPSA) is 59.5 Å². The average Bonchev–Trinajstić information content (AvgIpc) is 2.86. The number of nitrogens with two attached hydrogens (primary N) is 1. The molecule has 2 N–H and O–H groups in total. The molecule has 1 saturated heterocycles. The van der Waals surface area contributed by atoms with E-state index in [0.29, 0.717) is 0 Å². The number of nitrogens with zero attached hydrogens (tertiary/aromatic N) is 4. The lowest BCUT2D eigenvalue weighted by Gasteiger charge is -2.22. The van der Waals surface area contributed by atoms with Gasteiger partial charge in [-0.15, -0.1) is 0 Å². The van der Waals surface area contributed by atoms with Gasteiger partial charge in [0, 0.05) is 26.2 Å². The van der Waals surface area contributed by atoms with Crippen LogP contribution in [0.15, 0.2) is 24.3 Å². The molecule has 0 unspecified atom stereocenters. The molecule has 0 amide bonds. The second-order valence-electron chi connectivity index (χ2n) is 7.33. The van der Waals surface area contributed by atoms with Crippen LogP contribution in [0.2, 0.25) is 0 Å². The minimum Gasteiger partial charge on any atom is -0.380 e. The summed E-state index contributed by atoms with van der Waals surface area (Å²) in [6, 6.07) is 8.43. The summed E-state index contributed by atoms with van der Waals surface area (Å²) >= 11 is 0. The van der Waals surface area contributed by atoms with Crippen LogP contribution in [0.25, 0.3) is 11.0 Å². The second-order valence-corrected chi connectivity index (χ2v) is 7.33. The van der Waals surface area contributed by atoms with Gasteiger partial charge in [-0.25, -0.2) is 4.98 Å². The van der Waals surface area contributed by atoms with Gasteiger partial charge in [0.1, 0.15) is 5.82 Å². The Hall–Kier alpha value is -1.47. The average molecular weight is 374 g/mol. The molecule has 0 spiro atoms. The molecule has 6 nitrogen and oxygen atoms in total. The third-order valence-corrected chi connectivity index (χ3v) is 5.37. The predicted molar refractivity (Wildman–Crippen MR) is 111 cm³/mol. The highest BCUT2D eigenvalue weighted by molar-refractivity contribution is 5.75. The van der Waals surface area contributed by atoms with Crippen LogP contribution < -0.4 is 5.73 Å². The summed E-state index contributed by atoms with van der Waals surface area (Å²) in [6.45, 7) is 11.9. The summed E-state index contributed by atoms with van der Waals surface area (Å²) in [5, 5.41) is 0. The largest absolute Gasteiger partial charge is 0.380 e. The first-order valence-corrected chi connectivity index (χ1v) is 10.5. The molecule has 0 saturated carbocycles. The number of hydrogen-bond acceptors (Lipinski definition) is 5. The van der Waals surface area contributed by atoms with E-state index < -0.39 is 0 Å². The predicted octanol–water partition coefficient (Wildman–Crippen LogP) is 2.32. The Morgan fingerprint density at radius 2 is 1.85 bits per heavy atom. The lowest BCUT2D eigenvalue weighted by atomic mass is 10.3. The third-order valence-electron chi connectivity index (χ3n) is 5.37. The zero-order valence-electron chi connectivity index (χ0n) is 16.8. The highest BCUT2D eigenvalue weighted by Crippen LogP contribution is 2.18. The van der Waals surface area contributed by atoms with Crippen molar-refractivity contribution in [3.8, 4) is 0 Å². The molecule has 2 heterocycles. The third kappa shape index (κ3) is 5.75. The number of fused-ring (bicyclic) bond motifs is 1. The molecular weight excluding hydrogens is 338 g/mol. The number of unbranched alkanes of at least 4 members (excludes halogenated alkanes) is 1. The Kier molecular flexibility index (Phi) is 8.08. The van der Waals surface area contributed by atoms with Gasteiger partial charge in [0.05, 0.1) is 24.2 Å². The first kappa shape index (κ1) is 20.3. The Bertz CT molecular complexity index is 686. The summed E-state index contributed by atoms with van der Waals surface area (Å²) in [7, 11) is 0. The number of para-hydroxylation sites is 2. The van der Waals surface area contributed by atoms with E-state index in [0.717, 1.165) is 70.2 Å². The Labute approximate surface area is 163 Å². The van der Waals surface area contributed by atoms with E-state index in [1.54, 1.807) is 0 Å². The van der Waals surface area contributed by atoms with Crippen molar-refractivity contribution < 1.29 is 4.74 Å². The van der Waals surface area contributed by atoms with Crippen molar-refractivity contribution in [3.63, 3.8) is 0 Å². The smallest absolute Gasteiger partial charge is 0.124 e. The lowest BCUT2D eigenvalue weighted by Crippen LogP contribution is -2.32. The zero-order valence-corrected chi connectivity index (χ0v) is 16.8. The zero-order chi connectivity index (χ0) is 18.9. The summed E-state index contributed by atoms with van der Waals surface area (Å²) in [5.74, 6) is 1.16. The molecule has 1 aliphatic heterocycles. The van der Waals surface area contributed by atoms with E-state index in [2.05, 4.69) is 38.6 Å². The fourth-order valence-electron chi connectivity index (χ4n) is 3.88. The molecule has 27 heavy (non-hydrogen) atoms. The van der Waals surface area contributed by atoms with Gasteiger partial charge in [0.25, 0.3) is 0 Å². The fourth-order valence-corrected chi connectivity index (χ4v) is 3.88. The molecule has 0 bridgehead atoms. The van der Waals surface area contributed by atoms with E-state index in [9.17, 15) is 0 Å². The molecule has 1 aromatic heterocycles. The van der Waals surface area contributed by atoms with Crippen LogP contribution in [0.1, 0.15) is 32.0 Å². The molecule has 1 aliphatic rings. The maximum absolute atomic E-state index is 5.63. The van der Waals surface area contributed by atoms with Gasteiger partial charge in [-0.1, -0.05) is 12.1 Å². The normalized spacial score (nSPS) is 16.8. The molecule has 0 aliphatic carbocycles. The van der Waals surface area contributed by atoms with E-state index in [1.165, 1.54) is 31.4 Å². The quantitative estimate of drug-likeness (QED) is 0.648. The van der Waals surface area contributed by atoms with Crippen LogP contribution in [-0.4, -0.2) is 71.8 Å². The van der Waals surface area contributed by atoms with Crippen LogP contribution in [-0.2, 0) is 17.8 Å². The first-order valence-electron chi connectivity index (χ1n) is 10.5. The number of hydrogen-bond donors (Lipinski definition) is 1. The maximum Gasteiger partial charge on any atom is 0.124 e. The Balaban J connectivity index is 1.64. The molecule has 0 radical (unpaired) electrons. The highest BCUT2D eigenvalue weighted by atomic mass is 16.5. The Morgan fingerprint density at radius 3 is 2.70 bits per heavy atom. The number of ether oxygens (including phenoxy) is 1. The molecule has 6 heteroatoms. The molecule has 1 aromatic carbocycles. The summed E-state index contributed by atoms with van der Waals surface area (Å²) < 4.78 is 7.95. The summed E-state index contributed by atoms with van der Waals surface area (Å²) in [5.41, 5.74) is 7.93. The minimum atomic E-state index is 0.735. The van der Waals surface area contributed by atoms with E-state index >= 15 is 0 Å². The van der Waals surface area contributed by atoms with Crippen molar-refractivity contribution in [1.82, 2.24) is 19.4 Å². The van der Waals surface area contributed by atoms with Gasteiger partial charge in [-0.05, 0) is 64.5 Å². The molecule has 150 valence electrons. The van der Waals surface area contributed by atoms with Gasteiger partial charge in [-0.2, -0.15) is 0 Å². The fraction of sp³-hybridized carbons (Fsp3) is 0.667. The van der Waals surface area contributed by atoms with E-state index in [-0.39, 0.29) is 0 Å². The first-order chi connectivity index (χ1) is 13.3. The molecule has 2 aromatic rings.